The maximum absolute atomic E-state index is 13.5. The molecular weight excluding hydrogens is 305 g/mol. The average Bonchev–Trinajstić information content (AvgIpc) is 2.93. The molecule has 0 amide bonds. The number of hydrogen-bond donors (Lipinski definition) is 0. The normalized spacial score (nSPS) is 18.2. The standard InChI is InChI=1S/C19H20FN3O/c1-22-18-12-15(20)7-8-17(18)21-19(22)23-9-10-24-16(13-23)11-14-5-3-2-4-6-14/h2-8,12,16H,9-11,13H2,1H3. The van der Waals surface area contributed by atoms with Gasteiger partial charge in [-0.25, -0.2) is 9.37 Å². The number of imidazole rings is 1. The highest BCUT2D eigenvalue weighted by Crippen LogP contribution is 2.24. The number of halogens is 1. The summed E-state index contributed by atoms with van der Waals surface area (Å²) in [5.41, 5.74) is 2.91. The fraction of sp³-hybridized carbons (Fsp3) is 0.316. The van der Waals surface area contributed by atoms with Crippen LogP contribution in [0.4, 0.5) is 10.3 Å². The van der Waals surface area contributed by atoms with E-state index >= 15 is 0 Å². The van der Waals surface area contributed by atoms with E-state index in [9.17, 15) is 4.39 Å². The minimum Gasteiger partial charge on any atom is -0.374 e. The summed E-state index contributed by atoms with van der Waals surface area (Å²) in [7, 11) is 1.94. The third-order valence-electron chi connectivity index (χ3n) is 4.55. The van der Waals surface area contributed by atoms with Gasteiger partial charge in [0.05, 0.1) is 23.7 Å². The fourth-order valence-electron chi connectivity index (χ4n) is 3.33. The first-order chi connectivity index (χ1) is 11.7. The zero-order valence-electron chi connectivity index (χ0n) is 13.7. The van der Waals surface area contributed by atoms with E-state index in [0.717, 1.165) is 36.5 Å². The van der Waals surface area contributed by atoms with Gasteiger partial charge in [0.15, 0.2) is 0 Å². The van der Waals surface area contributed by atoms with E-state index in [0.29, 0.717) is 6.61 Å². The van der Waals surface area contributed by atoms with Crippen LogP contribution in [-0.4, -0.2) is 35.4 Å². The van der Waals surface area contributed by atoms with Crippen LogP contribution in [0.25, 0.3) is 11.0 Å². The Morgan fingerprint density at radius 1 is 1.21 bits per heavy atom. The highest BCUT2D eigenvalue weighted by Gasteiger charge is 2.24. The van der Waals surface area contributed by atoms with E-state index in [1.54, 1.807) is 6.07 Å². The van der Waals surface area contributed by atoms with Crippen LogP contribution in [0.3, 0.4) is 0 Å². The Balaban J connectivity index is 1.57. The molecule has 4 rings (SSSR count). The van der Waals surface area contributed by atoms with Gasteiger partial charge in [-0.15, -0.1) is 0 Å². The summed E-state index contributed by atoms with van der Waals surface area (Å²) in [6.07, 6.45) is 1.02. The number of morpholine rings is 1. The van der Waals surface area contributed by atoms with Crippen molar-refractivity contribution in [3.63, 3.8) is 0 Å². The molecule has 5 heteroatoms. The van der Waals surface area contributed by atoms with Gasteiger partial charge in [0.25, 0.3) is 0 Å². The number of nitrogens with zero attached hydrogens (tertiary/aromatic N) is 3. The number of aryl methyl sites for hydroxylation is 1. The largest absolute Gasteiger partial charge is 0.374 e. The van der Waals surface area contributed by atoms with Crippen LogP contribution in [-0.2, 0) is 18.2 Å². The quantitative estimate of drug-likeness (QED) is 0.741. The molecule has 4 nitrogen and oxygen atoms in total. The van der Waals surface area contributed by atoms with Crippen molar-refractivity contribution >= 4 is 17.0 Å². The summed E-state index contributed by atoms with van der Waals surface area (Å²) < 4.78 is 21.4. The Hall–Kier alpha value is -2.40. The van der Waals surface area contributed by atoms with Gasteiger partial charge in [0.2, 0.25) is 5.95 Å². The average molecular weight is 325 g/mol. The highest BCUT2D eigenvalue weighted by molar-refractivity contribution is 5.78. The molecule has 24 heavy (non-hydrogen) atoms. The van der Waals surface area contributed by atoms with Gasteiger partial charge >= 0.3 is 0 Å². The zero-order chi connectivity index (χ0) is 16.5. The molecule has 1 saturated heterocycles. The molecule has 2 heterocycles. The summed E-state index contributed by atoms with van der Waals surface area (Å²) in [6, 6.07) is 15.1. The Labute approximate surface area is 140 Å². The van der Waals surface area contributed by atoms with E-state index in [1.165, 1.54) is 17.7 Å². The van der Waals surface area contributed by atoms with Crippen LogP contribution in [0.15, 0.2) is 48.5 Å². The van der Waals surface area contributed by atoms with Crippen molar-refractivity contribution in [2.45, 2.75) is 12.5 Å². The van der Waals surface area contributed by atoms with Gasteiger partial charge in [0.1, 0.15) is 5.82 Å². The summed E-state index contributed by atoms with van der Waals surface area (Å²) in [5, 5.41) is 0. The third kappa shape index (κ3) is 2.87. The predicted molar refractivity (Wildman–Crippen MR) is 92.8 cm³/mol. The molecule has 1 unspecified atom stereocenters. The number of ether oxygens (including phenoxy) is 1. The smallest absolute Gasteiger partial charge is 0.206 e. The van der Waals surface area contributed by atoms with Crippen LogP contribution in [0, 0.1) is 5.82 Å². The second-order valence-corrected chi connectivity index (χ2v) is 6.23. The van der Waals surface area contributed by atoms with E-state index in [1.807, 2.05) is 17.7 Å². The van der Waals surface area contributed by atoms with Crippen molar-refractivity contribution in [2.75, 3.05) is 24.6 Å². The van der Waals surface area contributed by atoms with Crippen LogP contribution in [0.1, 0.15) is 5.56 Å². The summed E-state index contributed by atoms with van der Waals surface area (Å²) >= 11 is 0. The molecule has 0 saturated carbocycles. The lowest BCUT2D eigenvalue weighted by molar-refractivity contribution is 0.0404. The number of hydrogen-bond acceptors (Lipinski definition) is 3. The highest BCUT2D eigenvalue weighted by atomic mass is 19.1. The van der Waals surface area contributed by atoms with Crippen molar-refractivity contribution in [2.24, 2.45) is 7.05 Å². The van der Waals surface area contributed by atoms with Crippen molar-refractivity contribution in [3.05, 3.63) is 59.9 Å². The maximum atomic E-state index is 13.5. The molecule has 124 valence electrons. The molecule has 2 aromatic carbocycles. The number of benzene rings is 2. The summed E-state index contributed by atoms with van der Waals surface area (Å²) in [4.78, 5) is 6.92. The van der Waals surface area contributed by atoms with Gasteiger partial charge in [-0.05, 0) is 23.8 Å². The van der Waals surface area contributed by atoms with Gasteiger partial charge < -0.3 is 14.2 Å². The zero-order valence-corrected chi connectivity index (χ0v) is 13.7. The molecule has 3 aromatic rings. The van der Waals surface area contributed by atoms with Crippen LogP contribution >= 0.6 is 0 Å². The third-order valence-corrected chi connectivity index (χ3v) is 4.55. The van der Waals surface area contributed by atoms with Gasteiger partial charge in [-0.1, -0.05) is 30.3 Å². The first-order valence-corrected chi connectivity index (χ1v) is 8.23. The van der Waals surface area contributed by atoms with Crippen molar-refractivity contribution in [3.8, 4) is 0 Å². The van der Waals surface area contributed by atoms with Crippen molar-refractivity contribution in [1.82, 2.24) is 9.55 Å². The lowest BCUT2D eigenvalue weighted by Gasteiger charge is -2.33. The van der Waals surface area contributed by atoms with E-state index < -0.39 is 0 Å². The topological polar surface area (TPSA) is 30.3 Å². The monoisotopic (exact) mass is 325 g/mol. The second kappa shape index (κ2) is 6.24. The predicted octanol–water partition coefficient (Wildman–Crippen LogP) is 3.16. The molecule has 1 atom stereocenters. The lowest BCUT2D eigenvalue weighted by atomic mass is 10.1. The number of anilines is 1. The maximum Gasteiger partial charge on any atom is 0.206 e. The number of fused-ring (bicyclic) bond motifs is 1. The minimum atomic E-state index is -0.235. The van der Waals surface area contributed by atoms with E-state index in [4.69, 9.17) is 4.74 Å². The van der Waals surface area contributed by atoms with E-state index in [-0.39, 0.29) is 11.9 Å². The van der Waals surface area contributed by atoms with Gasteiger partial charge in [0, 0.05) is 26.6 Å². The van der Waals surface area contributed by atoms with Crippen molar-refractivity contribution in [1.29, 1.82) is 0 Å². The van der Waals surface area contributed by atoms with Crippen LogP contribution in [0.2, 0.25) is 0 Å². The molecule has 1 aliphatic rings. The van der Waals surface area contributed by atoms with Crippen LogP contribution < -0.4 is 4.90 Å². The Bertz CT molecular complexity index is 846. The molecule has 1 fully saturated rings. The Kier molecular flexibility index (Phi) is 3.94. The lowest BCUT2D eigenvalue weighted by Crippen LogP contribution is -2.44. The minimum absolute atomic E-state index is 0.137. The summed E-state index contributed by atoms with van der Waals surface area (Å²) in [6.45, 7) is 2.26. The van der Waals surface area contributed by atoms with Crippen molar-refractivity contribution < 1.29 is 9.13 Å². The molecule has 0 spiro atoms. The second-order valence-electron chi connectivity index (χ2n) is 6.23. The SMILES string of the molecule is Cn1c(N2CCOC(Cc3ccccc3)C2)nc2ccc(F)cc21. The Morgan fingerprint density at radius 2 is 2.04 bits per heavy atom. The van der Waals surface area contributed by atoms with E-state index in [2.05, 4.69) is 34.1 Å². The molecule has 0 N–H and O–H groups in total. The fourth-order valence-corrected chi connectivity index (χ4v) is 3.33. The first-order valence-electron chi connectivity index (χ1n) is 8.23. The molecule has 0 radical (unpaired) electrons. The van der Waals surface area contributed by atoms with Crippen LogP contribution in [0.5, 0.6) is 0 Å². The molecule has 0 aliphatic carbocycles. The van der Waals surface area contributed by atoms with Gasteiger partial charge in [-0.3, -0.25) is 0 Å². The molecule has 0 bridgehead atoms. The molecular formula is C19H20FN3O. The summed E-state index contributed by atoms with van der Waals surface area (Å²) in [5.74, 6) is 0.637. The number of aromatic nitrogens is 2. The van der Waals surface area contributed by atoms with Gasteiger partial charge in [-0.2, -0.15) is 0 Å². The first kappa shape index (κ1) is 15.1. The molecule has 1 aliphatic heterocycles. The number of rotatable bonds is 3. The Morgan fingerprint density at radius 3 is 2.88 bits per heavy atom. The molecule has 1 aromatic heterocycles.